The van der Waals surface area contributed by atoms with E-state index in [1.165, 1.54) is 41.2 Å². The Morgan fingerprint density at radius 1 is 1.16 bits per heavy atom. The van der Waals surface area contributed by atoms with E-state index in [-0.39, 0.29) is 66.2 Å². The molecule has 2 fully saturated rings. The van der Waals surface area contributed by atoms with Gasteiger partial charge in [-0.3, -0.25) is 4.79 Å². The number of pyridine rings is 2. The SMILES string of the molecule is CC1(C)C[C@H](CCCn2nnnc2CNc2cccc(S(=O)(=O)NC(=O)c3ccc(-n4ccc(OCCC5(C(F)(F)F)CC5)n4)nc3Cl)n2)CN1. The van der Waals surface area contributed by atoms with Crippen molar-refractivity contribution in [3.8, 4) is 11.7 Å². The molecule has 0 aromatic carbocycles. The van der Waals surface area contributed by atoms with Crippen LogP contribution in [0.1, 0.15) is 68.6 Å². The maximum atomic E-state index is 13.2. The Balaban J connectivity index is 1.01. The summed E-state index contributed by atoms with van der Waals surface area (Å²) in [6.07, 6.45) is 0.250. The first-order valence-electron chi connectivity index (χ1n) is 16.3. The Hall–Kier alpha value is -4.36. The molecular formula is C31H37ClF3N11O4S. The zero-order valence-electron chi connectivity index (χ0n) is 27.8. The number of ether oxygens (including phenoxy) is 1. The van der Waals surface area contributed by atoms with Crippen molar-refractivity contribution in [2.24, 2.45) is 11.3 Å². The molecular weight excluding hydrogens is 715 g/mol. The second kappa shape index (κ2) is 14.3. The number of amides is 1. The molecule has 51 heavy (non-hydrogen) atoms. The number of nitrogens with zero attached hydrogens (tertiary/aromatic N) is 8. The normalized spacial score (nSPS) is 18.0. The third kappa shape index (κ3) is 8.75. The second-order valence-electron chi connectivity index (χ2n) is 13.4. The first-order valence-corrected chi connectivity index (χ1v) is 18.2. The average Bonchev–Trinajstić information content (AvgIpc) is 3.34. The molecule has 1 saturated heterocycles. The molecule has 5 heterocycles. The summed E-state index contributed by atoms with van der Waals surface area (Å²) in [5, 5.41) is 21.9. The number of rotatable bonds is 15. The zero-order valence-corrected chi connectivity index (χ0v) is 29.4. The topological polar surface area (TPSA) is 184 Å². The monoisotopic (exact) mass is 751 g/mol. The lowest BCUT2D eigenvalue weighted by Crippen LogP contribution is -2.31. The number of sulfonamides is 1. The number of halogens is 4. The molecule has 274 valence electrons. The second-order valence-corrected chi connectivity index (χ2v) is 15.4. The molecule has 1 amide bonds. The molecule has 15 nitrogen and oxygen atoms in total. The van der Waals surface area contributed by atoms with E-state index in [1.807, 2.05) is 4.72 Å². The van der Waals surface area contributed by atoms with Crippen LogP contribution in [0.2, 0.25) is 5.15 Å². The van der Waals surface area contributed by atoms with Gasteiger partial charge in [0.15, 0.2) is 16.7 Å². The summed E-state index contributed by atoms with van der Waals surface area (Å²) >= 11 is 6.25. The molecule has 4 aromatic rings. The Morgan fingerprint density at radius 3 is 2.67 bits per heavy atom. The van der Waals surface area contributed by atoms with E-state index >= 15 is 0 Å². The first-order chi connectivity index (χ1) is 24.1. The number of carbonyl (C=O) groups excluding carboxylic acids is 1. The quantitative estimate of drug-likeness (QED) is 0.147. The van der Waals surface area contributed by atoms with Crippen molar-refractivity contribution in [2.45, 2.75) is 82.2 Å². The Bertz CT molecular complexity index is 1980. The van der Waals surface area contributed by atoms with Gasteiger partial charge in [-0.25, -0.2) is 24.1 Å². The van der Waals surface area contributed by atoms with Gasteiger partial charge in [0.25, 0.3) is 15.9 Å². The van der Waals surface area contributed by atoms with Crippen LogP contribution in [0.5, 0.6) is 5.88 Å². The molecule has 0 bridgehead atoms. The Kier molecular flexibility index (Phi) is 10.2. The van der Waals surface area contributed by atoms with Crippen LogP contribution >= 0.6 is 11.6 Å². The molecule has 1 aliphatic carbocycles. The van der Waals surface area contributed by atoms with Gasteiger partial charge >= 0.3 is 6.18 Å². The number of alkyl halides is 3. The van der Waals surface area contributed by atoms with Gasteiger partial charge in [0.05, 0.1) is 24.1 Å². The maximum absolute atomic E-state index is 13.2. The summed E-state index contributed by atoms with van der Waals surface area (Å²) in [4.78, 5) is 21.2. The van der Waals surface area contributed by atoms with E-state index in [2.05, 4.69) is 55.1 Å². The summed E-state index contributed by atoms with van der Waals surface area (Å²) in [5.74, 6) is 0.571. The summed E-state index contributed by atoms with van der Waals surface area (Å²) in [7, 11) is -4.43. The fourth-order valence-electron chi connectivity index (χ4n) is 6.02. The molecule has 4 aromatic heterocycles. The van der Waals surface area contributed by atoms with Gasteiger partial charge in [-0.05, 0) is 99.5 Å². The lowest BCUT2D eigenvalue weighted by Gasteiger charge is -2.18. The number of nitrogens with one attached hydrogen (secondary N) is 3. The number of aromatic nitrogens is 8. The van der Waals surface area contributed by atoms with Gasteiger partial charge < -0.3 is 15.4 Å². The third-order valence-electron chi connectivity index (χ3n) is 9.07. The number of carbonyl (C=O) groups is 1. The van der Waals surface area contributed by atoms with Crippen LogP contribution in [0.3, 0.4) is 0 Å². The van der Waals surface area contributed by atoms with E-state index in [0.717, 1.165) is 25.8 Å². The van der Waals surface area contributed by atoms with Crippen molar-refractivity contribution in [3.63, 3.8) is 0 Å². The predicted octanol–water partition coefficient (Wildman–Crippen LogP) is 4.31. The zero-order chi connectivity index (χ0) is 36.4. The summed E-state index contributed by atoms with van der Waals surface area (Å²) in [5.41, 5.74) is -1.76. The van der Waals surface area contributed by atoms with Gasteiger partial charge in [-0.2, -0.15) is 21.6 Å². The molecule has 0 spiro atoms. The smallest absolute Gasteiger partial charge is 0.394 e. The van der Waals surface area contributed by atoms with Gasteiger partial charge in [0.1, 0.15) is 11.0 Å². The van der Waals surface area contributed by atoms with Crippen molar-refractivity contribution in [2.75, 3.05) is 18.5 Å². The lowest BCUT2D eigenvalue weighted by atomic mass is 9.94. The molecule has 20 heteroatoms. The summed E-state index contributed by atoms with van der Waals surface area (Å²) < 4.78 is 76.0. The standard InChI is InChI=1S/C31H37ClF3N11O4S/c1-29(2)17-20(18-37-29)5-4-14-46-24(40-43-44-46)19-36-22-6-3-7-26(38-22)51(48,49)42-28(47)21-8-9-23(39-27(21)32)45-15-10-25(41-45)50-16-13-30(11-12-30)31(33,34)35/h3,6-10,15,20,37H,4-5,11-14,16-19H2,1-2H3,(H,36,38)(H,42,47)/t20-/m0/s1. The van der Waals surface area contributed by atoms with Crippen LogP contribution < -0.4 is 20.1 Å². The minimum Gasteiger partial charge on any atom is -0.477 e. The minimum atomic E-state index is -4.43. The number of hydrogen-bond acceptors (Lipinski definition) is 12. The highest BCUT2D eigenvalue weighted by molar-refractivity contribution is 7.90. The average molecular weight is 752 g/mol. The molecule has 6 rings (SSSR count). The van der Waals surface area contributed by atoms with Crippen molar-refractivity contribution < 1.29 is 31.1 Å². The van der Waals surface area contributed by atoms with Crippen LogP contribution in [0.15, 0.2) is 47.6 Å². The molecule has 1 aliphatic heterocycles. The molecule has 0 radical (unpaired) electrons. The maximum Gasteiger partial charge on any atom is 0.394 e. The van der Waals surface area contributed by atoms with Gasteiger partial charge in [0.2, 0.25) is 5.88 Å². The Morgan fingerprint density at radius 2 is 1.96 bits per heavy atom. The lowest BCUT2D eigenvalue weighted by molar-refractivity contribution is -0.190. The van der Waals surface area contributed by atoms with E-state index in [1.54, 1.807) is 10.7 Å². The fourth-order valence-corrected chi connectivity index (χ4v) is 7.19. The van der Waals surface area contributed by atoms with Crippen LogP contribution in [0, 0.1) is 11.3 Å². The highest BCUT2D eigenvalue weighted by Crippen LogP contribution is 2.59. The van der Waals surface area contributed by atoms with Crippen molar-refractivity contribution in [1.82, 2.24) is 50.0 Å². The number of hydrogen-bond donors (Lipinski definition) is 3. The Labute approximate surface area is 296 Å². The highest BCUT2D eigenvalue weighted by Gasteiger charge is 2.62. The fraction of sp³-hybridized carbons (Fsp3) is 0.516. The van der Waals surface area contributed by atoms with Crippen LogP contribution in [-0.2, 0) is 23.1 Å². The molecule has 1 saturated carbocycles. The van der Waals surface area contributed by atoms with Crippen LogP contribution in [-0.4, -0.2) is 79.1 Å². The van der Waals surface area contributed by atoms with E-state index < -0.39 is 32.5 Å². The minimum absolute atomic E-state index is 0.0818. The van der Waals surface area contributed by atoms with E-state index in [9.17, 15) is 26.4 Å². The molecule has 3 N–H and O–H groups in total. The van der Waals surface area contributed by atoms with Gasteiger partial charge in [-0.15, -0.1) is 10.2 Å². The third-order valence-corrected chi connectivity index (χ3v) is 10.6. The van der Waals surface area contributed by atoms with E-state index in [0.29, 0.717) is 18.3 Å². The predicted molar refractivity (Wildman–Crippen MR) is 178 cm³/mol. The number of aryl methyl sites for hydroxylation is 1. The summed E-state index contributed by atoms with van der Waals surface area (Å²) in [6.45, 7) is 6.05. The van der Waals surface area contributed by atoms with Crippen molar-refractivity contribution in [3.05, 3.63) is 59.1 Å². The van der Waals surface area contributed by atoms with Gasteiger partial charge in [-0.1, -0.05) is 17.7 Å². The van der Waals surface area contributed by atoms with E-state index in [4.69, 9.17) is 16.3 Å². The van der Waals surface area contributed by atoms with Crippen LogP contribution in [0.4, 0.5) is 19.0 Å². The van der Waals surface area contributed by atoms with Gasteiger partial charge in [0, 0.05) is 24.3 Å². The number of anilines is 1. The van der Waals surface area contributed by atoms with Crippen LogP contribution in [0.25, 0.3) is 5.82 Å². The molecule has 1 atom stereocenters. The van der Waals surface area contributed by atoms with Crippen molar-refractivity contribution in [1.29, 1.82) is 0 Å². The first kappa shape index (κ1) is 36.4. The molecule has 2 aliphatic rings. The largest absolute Gasteiger partial charge is 0.477 e. The van der Waals surface area contributed by atoms with Crippen molar-refractivity contribution >= 4 is 33.3 Å². The highest BCUT2D eigenvalue weighted by atomic mass is 35.5. The number of tetrazole rings is 1. The molecule has 0 unspecified atom stereocenters. The summed E-state index contributed by atoms with van der Waals surface area (Å²) in [6, 6.07) is 8.36.